The van der Waals surface area contributed by atoms with Gasteiger partial charge in [0.2, 0.25) is 0 Å². The van der Waals surface area contributed by atoms with Crippen LogP contribution in [0.4, 0.5) is 0 Å². The van der Waals surface area contributed by atoms with Gasteiger partial charge in [0.25, 0.3) is 5.91 Å². The van der Waals surface area contributed by atoms with Crippen molar-refractivity contribution in [2.24, 2.45) is 5.92 Å². The molecule has 2 aromatic heterocycles. The van der Waals surface area contributed by atoms with Crippen molar-refractivity contribution in [3.8, 4) is 0 Å². The zero-order valence-corrected chi connectivity index (χ0v) is 17.9. The molecular weight excluding hydrogens is 400 g/mol. The number of carbonyl (C=O) groups excluding carboxylic acids is 1. The van der Waals surface area contributed by atoms with E-state index in [1.165, 1.54) is 10.9 Å². The van der Waals surface area contributed by atoms with Gasteiger partial charge in [-0.2, -0.15) is 0 Å². The van der Waals surface area contributed by atoms with Crippen molar-refractivity contribution in [2.75, 3.05) is 26.3 Å². The molecule has 6 heteroatoms. The zero-order valence-electron chi connectivity index (χ0n) is 17.9. The van der Waals surface area contributed by atoms with E-state index in [0.717, 1.165) is 22.9 Å². The van der Waals surface area contributed by atoms with Crippen LogP contribution in [0.25, 0.3) is 10.8 Å². The summed E-state index contributed by atoms with van der Waals surface area (Å²) in [5.41, 5.74) is 3.00. The Labute approximate surface area is 187 Å². The highest BCUT2D eigenvalue weighted by atomic mass is 16.5. The van der Waals surface area contributed by atoms with Crippen molar-refractivity contribution in [1.29, 1.82) is 0 Å². The second-order valence-electron chi connectivity index (χ2n) is 8.35. The molecule has 32 heavy (non-hydrogen) atoms. The van der Waals surface area contributed by atoms with Crippen molar-refractivity contribution >= 4 is 16.7 Å². The largest absolute Gasteiger partial charge is 0.379 e. The third-order valence-corrected chi connectivity index (χ3v) is 5.98. The fourth-order valence-corrected chi connectivity index (χ4v) is 4.42. The fraction of sp³-hybridized carbons (Fsp3) is 0.269. The number of aromatic nitrogens is 3. The van der Waals surface area contributed by atoms with Crippen LogP contribution in [0.1, 0.15) is 21.5 Å². The molecule has 0 N–H and O–H groups in total. The van der Waals surface area contributed by atoms with E-state index < -0.39 is 0 Å². The lowest BCUT2D eigenvalue weighted by molar-refractivity contribution is 0.0737. The molecule has 0 bridgehead atoms. The molecule has 1 atom stereocenters. The van der Waals surface area contributed by atoms with Gasteiger partial charge < -0.3 is 14.2 Å². The minimum absolute atomic E-state index is 0.0593. The molecule has 1 unspecified atom stereocenters. The molecular formula is C26H26N4O2. The Bertz CT molecular complexity index is 1200. The Kier molecular flexibility index (Phi) is 5.94. The molecule has 162 valence electrons. The number of pyridine rings is 1. The summed E-state index contributed by atoms with van der Waals surface area (Å²) in [5.74, 6) is 0.284. The molecule has 0 saturated carbocycles. The molecule has 0 spiro atoms. The van der Waals surface area contributed by atoms with Gasteiger partial charge in [0.1, 0.15) is 0 Å². The number of benzene rings is 2. The van der Waals surface area contributed by atoms with E-state index >= 15 is 0 Å². The summed E-state index contributed by atoms with van der Waals surface area (Å²) in [6.07, 6.45) is 10.1. The van der Waals surface area contributed by atoms with Crippen LogP contribution in [0.3, 0.4) is 0 Å². The summed E-state index contributed by atoms with van der Waals surface area (Å²) < 4.78 is 7.87. The van der Waals surface area contributed by atoms with Crippen LogP contribution in [-0.2, 0) is 17.7 Å². The van der Waals surface area contributed by atoms with E-state index in [1.54, 1.807) is 12.5 Å². The van der Waals surface area contributed by atoms with E-state index in [4.69, 9.17) is 4.74 Å². The first-order chi connectivity index (χ1) is 15.8. The first kappa shape index (κ1) is 20.4. The molecule has 5 rings (SSSR count). The zero-order chi connectivity index (χ0) is 21.8. The molecule has 3 heterocycles. The molecule has 2 aromatic carbocycles. The number of amides is 1. The smallest absolute Gasteiger partial charge is 0.253 e. The van der Waals surface area contributed by atoms with E-state index in [-0.39, 0.29) is 11.8 Å². The van der Waals surface area contributed by atoms with Crippen molar-refractivity contribution in [3.05, 3.63) is 96.3 Å². The van der Waals surface area contributed by atoms with Crippen LogP contribution in [0.5, 0.6) is 0 Å². The molecule has 1 aliphatic heterocycles. The average molecular weight is 427 g/mol. The second kappa shape index (κ2) is 9.32. The summed E-state index contributed by atoms with van der Waals surface area (Å²) in [4.78, 5) is 23.8. The second-order valence-corrected chi connectivity index (χ2v) is 8.35. The molecule has 4 aromatic rings. The van der Waals surface area contributed by atoms with Crippen LogP contribution in [0.2, 0.25) is 0 Å². The third kappa shape index (κ3) is 4.55. The van der Waals surface area contributed by atoms with E-state index in [9.17, 15) is 4.79 Å². The highest BCUT2D eigenvalue weighted by Crippen LogP contribution is 2.22. The van der Waals surface area contributed by atoms with E-state index in [1.807, 2.05) is 58.4 Å². The van der Waals surface area contributed by atoms with Crippen molar-refractivity contribution < 1.29 is 9.53 Å². The van der Waals surface area contributed by atoms with E-state index in [2.05, 4.69) is 28.2 Å². The summed E-state index contributed by atoms with van der Waals surface area (Å²) in [5, 5.41) is 2.36. The van der Waals surface area contributed by atoms with Crippen LogP contribution < -0.4 is 0 Å². The van der Waals surface area contributed by atoms with Crippen molar-refractivity contribution in [1.82, 2.24) is 19.4 Å². The standard InChI is InChI=1S/C26H26N4O2/c31-26(22-6-3-4-20(12-22)16-29-9-8-27-19-29)30-10-11-32-18-21(17-30)13-24-15-28-14-23-5-1-2-7-25(23)24/h1-9,12,14-15,19,21H,10-11,13,16-18H2. The van der Waals surface area contributed by atoms with Gasteiger partial charge in [0.05, 0.1) is 19.5 Å². The Balaban J connectivity index is 1.32. The van der Waals surface area contributed by atoms with Gasteiger partial charge >= 0.3 is 0 Å². The fourth-order valence-electron chi connectivity index (χ4n) is 4.42. The van der Waals surface area contributed by atoms with Gasteiger partial charge in [-0.15, -0.1) is 0 Å². The number of imidazole rings is 1. The van der Waals surface area contributed by atoms with Crippen LogP contribution in [0, 0.1) is 5.92 Å². The molecule has 1 saturated heterocycles. The van der Waals surface area contributed by atoms with Gasteiger partial charge in [-0.1, -0.05) is 36.4 Å². The quantitative estimate of drug-likeness (QED) is 0.487. The SMILES string of the molecule is O=C(c1cccc(Cn2ccnc2)c1)N1CCOCC(Cc2cncc3ccccc23)C1. The number of carbonyl (C=O) groups is 1. The van der Waals surface area contributed by atoms with Crippen LogP contribution in [-0.4, -0.2) is 51.6 Å². The third-order valence-electron chi connectivity index (χ3n) is 5.98. The summed E-state index contributed by atoms with van der Waals surface area (Å²) in [6.45, 7) is 3.18. The predicted octanol–water partition coefficient (Wildman–Crippen LogP) is 3.81. The predicted molar refractivity (Wildman–Crippen MR) is 123 cm³/mol. The number of ether oxygens (including phenoxy) is 1. The molecule has 0 radical (unpaired) electrons. The lowest BCUT2D eigenvalue weighted by Crippen LogP contribution is -2.36. The van der Waals surface area contributed by atoms with E-state index in [0.29, 0.717) is 32.8 Å². The number of fused-ring (bicyclic) bond motifs is 1. The number of rotatable bonds is 5. The van der Waals surface area contributed by atoms with Gasteiger partial charge in [-0.3, -0.25) is 9.78 Å². The van der Waals surface area contributed by atoms with Crippen LogP contribution >= 0.6 is 0 Å². The van der Waals surface area contributed by atoms with Crippen molar-refractivity contribution in [3.63, 3.8) is 0 Å². The van der Waals surface area contributed by atoms with Gasteiger partial charge in [0, 0.05) is 61.3 Å². The normalized spacial score (nSPS) is 16.8. The van der Waals surface area contributed by atoms with Gasteiger partial charge in [-0.25, -0.2) is 4.98 Å². The van der Waals surface area contributed by atoms with Gasteiger partial charge in [0.15, 0.2) is 0 Å². The van der Waals surface area contributed by atoms with Gasteiger partial charge in [-0.05, 0) is 35.1 Å². The lowest BCUT2D eigenvalue weighted by atomic mass is 9.96. The highest BCUT2D eigenvalue weighted by Gasteiger charge is 2.24. The van der Waals surface area contributed by atoms with Crippen LogP contribution in [0.15, 0.2) is 79.6 Å². The monoisotopic (exact) mass is 426 g/mol. The molecule has 1 amide bonds. The first-order valence-electron chi connectivity index (χ1n) is 11.0. The number of nitrogens with zero attached hydrogens (tertiary/aromatic N) is 4. The maximum atomic E-state index is 13.4. The molecule has 1 fully saturated rings. The maximum Gasteiger partial charge on any atom is 0.253 e. The Hall–Kier alpha value is -3.51. The maximum absolute atomic E-state index is 13.4. The lowest BCUT2D eigenvalue weighted by Gasteiger charge is -2.24. The number of hydrogen-bond donors (Lipinski definition) is 0. The summed E-state index contributed by atoms with van der Waals surface area (Å²) in [7, 11) is 0. The minimum Gasteiger partial charge on any atom is -0.379 e. The number of hydrogen-bond acceptors (Lipinski definition) is 4. The topological polar surface area (TPSA) is 60.2 Å². The summed E-state index contributed by atoms with van der Waals surface area (Å²) in [6, 6.07) is 16.2. The Morgan fingerprint density at radius 3 is 2.94 bits per heavy atom. The highest BCUT2D eigenvalue weighted by molar-refractivity contribution is 5.94. The minimum atomic E-state index is 0.0593. The Morgan fingerprint density at radius 2 is 2.03 bits per heavy atom. The molecule has 1 aliphatic rings. The molecule has 0 aliphatic carbocycles. The summed E-state index contributed by atoms with van der Waals surface area (Å²) >= 11 is 0. The molecule has 6 nitrogen and oxygen atoms in total. The Morgan fingerprint density at radius 1 is 1.09 bits per heavy atom. The average Bonchev–Trinajstić information content (AvgIpc) is 3.22. The van der Waals surface area contributed by atoms with Crippen molar-refractivity contribution in [2.45, 2.75) is 13.0 Å². The first-order valence-corrected chi connectivity index (χ1v) is 11.0.